The van der Waals surface area contributed by atoms with Crippen LogP contribution in [-0.4, -0.2) is 28.9 Å². The largest absolute Gasteiger partial charge is 0.507 e. The van der Waals surface area contributed by atoms with Crippen LogP contribution in [0, 0.1) is 5.41 Å². The van der Waals surface area contributed by atoms with Crippen LogP contribution in [0.3, 0.4) is 0 Å². The Morgan fingerprint density at radius 2 is 1.68 bits per heavy atom. The molecule has 0 aliphatic heterocycles. The van der Waals surface area contributed by atoms with Crippen LogP contribution in [0.2, 0.25) is 0 Å². The van der Waals surface area contributed by atoms with Gasteiger partial charge in [0.05, 0.1) is 5.56 Å². The van der Waals surface area contributed by atoms with Gasteiger partial charge in [0.2, 0.25) is 5.91 Å². The Bertz CT molecular complexity index is 578. The smallest absolute Gasteiger partial charge is 0.273 e. The Morgan fingerprint density at radius 3 is 2.23 bits per heavy atom. The lowest BCUT2D eigenvalue weighted by atomic mass is 9.95. The third-order valence-electron chi connectivity index (χ3n) is 2.87. The van der Waals surface area contributed by atoms with Crippen LogP contribution < -0.4 is 16.2 Å². The van der Waals surface area contributed by atoms with Crippen LogP contribution in [-0.2, 0) is 9.59 Å². The molecule has 7 nitrogen and oxygen atoms in total. The van der Waals surface area contributed by atoms with Gasteiger partial charge in [0.15, 0.2) is 0 Å². The van der Waals surface area contributed by atoms with Crippen molar-refractivity contribution in [1.29, 1.82) is 0 Å². The zero-order chi connectivity index (χ0) is 16.9. The molecule has 1 aromatic rings. The van der Waals surface area contributed by atoms with Gasteiger partial charge in [0.1, 0.15) is 11.8 Å². The van der Waals surface area contributed by atoms with E-state index in [-0.39, 0.29) is 17.2 Å². The maximum absolute atomic E-state index is 11.8. The van der Waals surface area contributed by atoms with Crippen LogP contribution in [0.25, 0.3) is 0 Å². The number of carbonyl (C=O) groups excluding carboxylic acids is 3. The van der Waals surface area contributed by atoms with Crippen LogP contribution in [0.4, 0.5) is 0 Å². The molecule has 1 unspecified atom stereocenters. The van der Waals surface area contributed by atoms with Crippen molar-refractivity contribution >= 4 is 17.7 Å². The van der Waals surface area contributed by atoms with Gasteiger partial charge >= 0.3 is 0 Å². The van der Waals surface area contributed by atoms with E-state index in [0.29, 0.717) is 0 Å². The Morgan fingerprint density at radius 1 is 1.09 bits per heavy atom. The fourth-order valence-corrected chi connectivity index (χ4v) is 1.44. The molecule has 120 valence electrons. The van der Waals surface area contributed by atoms with Crippen molar-refractivity contribution in [2.24, 2.45) is 5.41 Å². The zero-order valence-electron chi connectivity index (χ0n) is 13.1. The number of nitrogens with one attached hydrogen (secondary N) is 3. The standard InChI is InChI=1S/C15H21N3O4/c1-9(16-14(22)15(2,3)4)12(20)17-18-13(21)10-7-5-6-8-11(10)19/h5-9,19H,1-4H3,(H,16,22)(H,17,20)(H,18,21). The molecule has 0 radical (unpaired) electrons. The van der Waals surface area contributed by atoms with Gasteiger partial charge in [-0.25, -0.2) is 0 Å². The zero-order valence-corrected chi connectivity index (χ0v) is 13.1. The molecule has 22 heavy (non-hydrogen) atoms. The Hall–Kier alpha value is -2.57. The van der Waals surface area contributed by atoms with Gasteiger partial charge in [-0.3, -0.25) is 25.2 Å². The van der Waals surface area contributed by atoms with Crippen molar-refractivity contribution in [3.8, 4) is 5.75 Å². The summed E-state index contributed by atoms with van der Waals surface area (Å²) in [6.45, 7) is 6.69. The van der Waals surface area contributed by atoms with E-state index in [1.165, 1.54) is 19.1 Å². The second-order valence-corrected chi connectivity index (χ2v) is 5.91. The fraction of sp³-hybridized carbons (Fsp3) is 0.400. The summed E-state index contributed by atoms with van der Waals surface area (Å²) in [6.07, 6.45) is 0. The Kier molecular flexibility index (Phi) is 5.50. The summed E-state index contributed by atoms with van der Waals surface area (Å²) in [4.78, 5) is 35.4. The molecule has 0 saturated heterocycles. The first kappa shape index (κ1) is 17.5. The summed E-state index contributed by atoms with van der Waals surface area (Å²) in [7, 11) is 0. The number of aromatic hydroxyl groups is 1. The van der Waals surface area contributed by atoms with Crippen LogP contribution >= 0.6 is 0 Å². The van der Waals surface area contributed by atoms with E-state index in [4.69, 9.17) is 0 Å². The molecular formula is C15H21N3O4. The summed E-state index contributed by atoms with van der Waals surface area (Å²) in [5.41, 5.74) is 3.80. The fourth-order valence-electron chi connectivity index (χ4n) is 1.44. The predicted molar refractivity (Wildman–Crippen MR) is 80.8 cm³/mol. The predicted octanol–water partition coefficient (Wildman–Crippen LogP) is 0.704. The topological polar surface area (TPSA) is 108 Å². The van der Waals surface area contributed by atoms with E-state index in [9.17, 15) is 19.5 Å². The van der Waals surface area contributed by atoms with E-state index in [1.54, 1.807) is 32.9 Å². The second kappa shape index (κ2) is 6.93. The Balaban J connectivity index is 2.54. The molecule has 0 aromatic heterocycles. The van der Waals surface area contributed by atoms with Gasteiger partial charge in [-0.2, -0.15) is 0 Å². The van der Waals surface area contributed by atoms with Crippen molar-refractivity contribution in [3.63, 3.8) is 0 Å². The molecule has 0 heterocycles. The number of phenols is 1. The van der Waals surface area contributed by atoms with E-state index in [1.807, 2.05) is 0 Å². The lowest BCUT2D eigenvalue weighted by Gasteiger charge is -2.21. The highest BCUT2D eigenvalue weighted by atomic mass is 16.3. The van der Waals surface area contributed by atoms with Gasteiger partial charge in [-0.1, -0.05) is 32.9 Å². The van der Waals surface area contributed by atoms with E-state index >= 15 is 0 Å². The minimum Gasteiger partial charge on any atom is -0.507 e. The maximum atomic E-state index is 11.8. The third kappa shape index (κ3) is 4.76. The molecule has 0 saturated carbocycles. The number of hydrogen-bond acceptors (Lipinski definition) is 4. The first-order valence-electron chi connectivity index (χ1n) is 6.82. The molecule has 0 bridgehead atoms. The first-order chi connectivity index (χ1) is 10.1. The van der Waals surface area contributed by atoms with Gasteiger partial charge in [-0.15, -0.1) is 0 Å². The molecule has 0 fully saturated rings. The monoisotopic (exact) mass is 307 g/mol. The Labute approximate surface area is 129 Å². The number of benzene rings is 1. The molecule has 0 aliphatic carbocycles. The number of hydrogen-bond donors (Lipinski definition) is 4. The van der Waals surface area contributed by atoms with Gasteiger partial charge < -0.3 is 10.4 Å². The molecular weight excluding hydrogens is 286 g/mol. The van der Waals surface area contributed by atoms with Crippen molar-refractivity contribution in [2.75, 3.05) is 0 Å². The number of amides is 3. The molecule has 7 heteroatoms. The van der Waals surface area contributed by atoms with Crippen molar-refractivity contribution < 1.29 is 19.5 Å². The summed E-state index contributed by atoms with van der Waals surface area (Å²) in [6, 6.07) is 5.14. The van der Waals surface area contributed by atoms with Crippen LogP contribution in [0.1, 0.15) is 38.1 Å². The lowest BCUT2D eigenvalue weighted by Crippen LogP contribution is -2.52. The van der Waals surface area contributed by atoms with Gasteiger partial charge in [-0.05, 0) is 19.1 Å². The van der Waals surface area contributed by atoms with Crippen molar-refractivity contribution in [2.45, 2.75) is 33.7 Å². The summed E-state index contributed by atoms with van der Waals surface area (Å²) < 4.78 is 0. The van der Waals surface area contributed by atoms with Crippen LogP contribution in [0.15, 0.2) is 24.3 Å². The molecule has 1 rings (SSSR count). The van der Waals surface area contributed by atoms with E-state index < -0.39 is 23.3 Å². The third-order valence-corrected chi connectivity index (χ3v) is 2.87. The maximum Gasteiger partial charge on any atom is 0.273 e. The number of phenolic OH excluding ortho intramolecular Hbond substituents is 1. The second-order valence-electron chi connectivity index (χ2n) is 5.91. The molecule has 0 spiro atoms. The van der Waals surface area contributed by atoms with Gasteiger partial charge in [0, 0.05) is 5.41 Å². The van der Waals surface area contributed by atoms with Crippen LogP contribution in [0.5, 0.6) is 5.75 Å². The molecule has 1 atom stereocenters. The quantitative estimate of drug-likeness (QED) is 0.617. The first-order valence-corrected chi connectivity index (χ1v) is 6.82. The SMILES string of the molecule is CC(NC(=O)C(C)(C)C)C(=O)NNC(=O)c1ccccc1O. The number of hydrazine groups is 1. The highest BCUT2D eigenvalue weighted by molar-refractivity contribution is 5.98. The molecule has 1 aromatic carbocycles. The number of carbonyl (C=O) groups is 3. The molecule has 4 N–H and O–H groups in total. The number of rotatable bonds is 3. The summed E-state index contributed by atoms with van der Waals surface area (Å²) >= 11 is 0. The molecule has 3 amide bonds. The minimum atomic E-state index is -0.809. The van der Waals surface area contributed by atoms with Gasteiger partial charge in [0.25, 0.3) is 11.8 Å². The molecule has 0 aliphatic rings. The van der Waals surface area contributed by atoms with E-state index in [2.05, 4.69) is 16.2 Å². The summed E-state index contributed by atoms with van der Waals surface area (Å²) in [5.74, 6) is -1.69. The normalized spacial score (nSPS) is 12.2. The lowest BCUT2D eigenvalue weighted by molar-refractivity contribution is -0.133. The highest BCUT2D eigenvalue weighted by Crippen LogP contribution is 2.14. The number of para-hydroxylation sites is 1. The van der Waals surface area contributed by atoms with Crippen molar-refractivity contribution in [1.82, 2.24) is 16.2 Å². The van der Waals surface area contributed by atoms with E-state index in [0.717, 1.165) is 0 Å². The highest BCUT2D eigenvalue weighted by Gasteiger charge is 2.25. The minimum absolute atomic E-state index is 0.0363. The average molecular weight is 307 g/mol. The van der Waals surface area contributed by atoms with Crippen molar-refractivity contribution in [3.05, 3.63) is 29.8 Å². The average Bonchev–Trinajstić information content (AvgIpc) is 2.43. The summed E-state index contributed by atoms with van der Waals surface area (Å²) in [5, 5.41) is 12.1.